The van der Waals surface area contributed by atoms with Crippen LogP contribution in [0.3, 0.4) is 0 Å². The molecule has 0 saturated heterocycles. The largest absolute Gasteiger partial charge is 0.481 e. The highest BCUT2D eigenvalue weighted by Gasteiger charge is 2.14. The highest BCUT2D eigenvalue weighted by atomic mass is 79.9. The van der Waals surface area contributed by atoms with E-state index in [0.29, 0.717) is 10.0 Å². The predicted octanol–water partition coefficient (Wildman–Crippen LogP) is 1.29. The van der Waals surface area contributed by atoms with Crippen LogP contribution in [0.1, 0.15) is 17.3 Å². The molecule has 1 atom stereocenters. The lowest BCUT2D eigenvalue weighted by molar-refractivity contribution is -0.140. The Labute approximate surface area is 101 Å². The van der Waals surface area contributed by atoms with Gasteiger partial charge in [0.1, 0.15) is 0 Å². The van der Waals surface area contributed by atoms with Gasteiger partial charge in [0, 0.05) is 23.4 Å². The smallest absolute Gasteiger partial charge is 0.308 e. The first-order chi connectivity index (χ1) is 7.52. The van der Waals surface area contributed by atoms with Crippen LogP contribution in [0.4, 0.5) is 0 Å². The molecule has 0 aromatic carbocycles. The number of hydrogen-bond donors (Lipinski definition) is 2. The van der Waals surface area contributed by atoms with E-state index in [-0.39, 0.29) is 12.5 Å². The minimum absolute atomic E-state index is 0.100. The van der Waals surface area contributed by atoms with Gasteiger partial charge in [-0.3, -0.25) is 14.6 Å². The van der Waals surface area contributed by atoms with Crippen molar-refractivity contribution in [1.82, 2.24) is 10.3 Å². The molecule has 86 valence electrons. The normalized spacial score (nSPS) is 11.9. The zero-order chi connectivity index (χ0) is 12.1. The quantitative estimate of drug-likeness (QED) is 0.874. The lowest BCUT2D eigenvalue weighted by atomic mass is 10.2. The van der Waals surface area contributed by atoms with E-state index in [2.05, 4.69) is 26.2 Å². The van der Waals surface area contributed by atoms with Crippen molar-refractivity contribution in [3.05, 3.63) is 28.5 Å². The van der Waals surface area contributed by atoms with Gasteiger partial charge in [-0.05, 0) is 22.0 Å². The van der Waals surface area contributed by atoms with Crippen LogP contribution in [-0.4, -0.2) is 28.5 Å². The third kappa shape index (κ3) is 3.30. The van der Waals surface area contributed by atoms with E-state index in [0.717, 1.165) is 0 Å². The molecule has 0 aliphatic heterocycles. The molecule has 1 heterocycles. The summed E-state index contributed by atoms with van der Waals surface area (Å²) in [6.07, 6.45) is 3.01. The molecule has 0 saturated carbocycles. The first kappa shape index (κ1) is 12.6. The number of halogens is 1. The fraction of sp³-hybridized carbons (Fsp3) is 0.300. The summed E-state index contributed by atoms with van der Waals surface area (Å²) in [6, 6.07) is 1.56. The monoisotopic (exact) mass is 286 g/mol. The summed E-state index contributed by atoms with van der Waals surface area (Å²) < 4.78 is 0.579. The fourth-order valence-corrected chi connectivity index (χ4v) is 1.42. The highest BCUT2D eigenvalue weighted by molar-refractivity contribution is 9.10. The number of nitrogens with one attached hydrogen (secondary N) is 1. The van der Waals surface area contributed by atoms with Crippen molar-refractivity contribution in [2.45, 2.75) is 6.92 Å². The van der Waals surface area contributed by atoms with Crippen molar-refractivity contribution in [1.29, 1.82) is 0 Å². The van der Waals surface area contributed by atoms with Crippen molar-refractivity contribution in [3.8, 4) is 0 Å². The second-order valence-electron chi connectivity index (χ2n) is 3.30. The number of carboxylic acids is 1. The Kier molecular flexibility index (Phi) is 4.42. The first-order valence-corrected chi connectivity index (χ1v) is 5.42. The van der Waals surface area contributed by atoms with Crippen LogP contribution in [0.15, 0.2) is 22.9 Å². The van der Waals surface area contributed by atoms with Crippen LogP contribution in [-0.2, 0) is 4.79 Å². The van der Waals surface area contributed by atoms with Gasteiger partial charge in [0.25, 0.3) is 5.91 Å². The Morgan fingerprint density at radius 3 is 2.88 bits per heavy atom. The summed E-state index contributed by atoms with van der Waals surface area (Å²) in [5.74, 6) is -1.86. The Balaban J connectivity index is 2.60. The first-order valence-electron chi connectivity index (χ1n) is 4.63. The van der Waals surface area contributed by atoms with Crippen LogP contribution in [0.25, 0.3) is 0 Å². The Morgan fingerprint density at radius 2 is 2.31 bits per heavy atom. The summed E-state index contributed by atoms with van der Waals surface area (Å²) in [5.41, 5.74) is 0.438. The van der Waals surface area contributed by atoms with Crippen LogP contribution in [0, 0.1) is 5.92 Å². The molecule has 0 fully saturated rings. The highest BCUT2D eigenvalue weighted by Crippen LogP contribution is 2.13. The molecule has 1 rings (SSSR count). The number of amides is 1. The van der Waals surface area contributed by atoms with Gasteiger partial charge in [0.05, 0.1) is 11.5 Å². The summed E-state index contributed by atoms with van der Waals surface area (Å²) in [7, 11) is 0. The number of aliphatic carboxylic acids is 1. The van der Waals surface area contributed by atoms with Gasteiger partial charge < -0.3 is 10.4 Å². The molecule has 0 bridgehead atoms. The van der Waals surface area contributed by atoms with Crippen molar-refractivity contribution < 1.29 is 14.7 Å². The van der Waals surface area contributed by atoms with Gasteiger partial charge in [0.15, 0.2) is 0 Å². The zero-order valence-corrected chi connectivity index (χ0v) is 10.2. The number of carbonyl (C=O) groups is 2. The van der Waals surface area contributed by atoms with E-state index in [4.69, 9.17) is 5.11 Å². The van der Waals surface area contributed by atoms with Crippen molar-refractivity contribution in [3.63, 3.8) is 0 Å². The van der Waals surface area contributed by atoms with Gasteiger partial charge in [-0.25, -0.2) is 0 Å². The number of carbonyl (C=O) groups excluding carboxylic acids is 1. The summed E-state index contributed by atoms with van der Waals surface area (Å²) in [4.78, 5) is 26.0. The second kappa shape index (κ2) is 5.60. The van der Waals surface area contributed by atoms with E-state index < -0.39 is 11.9 Å². The molecule has 1 amide bonds. The van der Waals surface area contributed by atoms with E-state index in [1.165, 1.54) is 19.3 Å². The molecule has 1 aromatic rings. The van der Waals surface area contributed by atoms with Crippen LogP contribution in [0.5, 0.6) is 0 Å². The topological polar surface area (TPSA) is 79.3 Å². The zero-order valence-electron chi connectivity index (χ0n) is 8.61. The van der Waals surface area contributed by atoms with Gasteiger partial charge in [-0.2, -0.15) is 0 Å². The van der Waals surface area contributed by atoms with E-state index >= 15 is 0 Å². The van der Waals surface area contributed by atoms with E-state index in [9.17, 15) is 9.59 Å². The maximum atomic E-state index is 11.6. The Bertz CT molecular complexity index is 409. The molecule has 1 unspecified atom stereocenters. The third-order valence-electron chi connectivity index (χ3n) is 2.01. The number of pyridine rings is 1. The summed E-state index contributed by atoms with van der Waals surface area (Å²) in [5, 5.41) is 11.2. The molecular weight excluding hydrogens is 276 g/mol. The lowest BCUT2D eigenvalue weighted by Gasteiger charge is -2.08. The second-order valence-corrected chi connectivity index (χ2v) is 4.16. The Hall–Kier alpha value is -1.43. The molecule has 0 radical (unpaired) electrons. The molecule has 6 heteroatoms. The molecule has 0 aliphatic carbocycles. The van der Waals surface area contributed by atoms with Gasteiger partial charge >= 0.3 is 5.97 Å². The average Bonchev–Trinajstić information content (AvgIpc) is 2.25. The fourth-order valence-electron chi connectivity index (χ4n) is 0.988. The molecule has 1 aromatic heterocycles. The van der Waals surface area contributed by atoms with Crippen LogP contribution >= 0.6 is 15.9 Å². The molecule has 0 aliphatic rings. The number of carboxylic acid groups (broad SMARTS) is 1. The number of hydrogen-bond acceptors (Lipinski definition) is 3. The van der Waals surface area contributed by atoms with Crippen LogP contribution in [0.2, 0.25) is 0 Å². The molecular formula is C10H11BrN2O3. The van der Waals surface area contributed by atoms with Crippen molar-refractivity contribution >= 4 is 27.8 Å². The summed E-state index contributed by atoms with van der Waals surface area (Å²) in [6.45, 7) is 1.63. The van der Waals surface area contributed by atoms with Crippen LogP contribution < -0.4 is 5.32 Å². The van der Waals surface area contributed by atoms with E-state index in [1.54, 1.807) is 6.07 Å². The molecule has 0 spiro atoms. The maximum Gasteiger partial charge on any atom is 0.308 e. The maximum absolute atomic E-state index is 11.6. The molecule has 16 heavy (non-hydrogen) atoms. The summed E-state index contributed by atoms with van der Waals surface area (Å²) >= 11 is 3.19. The van der Waals surface area contributed by atoms with Gasteiger partial charge in [-0.1, -0.05) is 6.92 Å². The lowest BCUT2D eigenvalue weighted by Crippen LogP contribution is -2.31. The molecule has 2 N–H and O–H groups in total. The SMILES string of the molecule is CC(CNC(=O)c1ccncc1Br)C(=O)O. The Morgan fingerprint density at radius 1 is 1.62 bits per heavy atom. The minimum Gasteiger partial charge on any atom is -0.481 e. The number of nitrogens with zero attached hydrogens (tertiary/aromatic N) is 1. The van der Waals surface area contributed by atoms with Crippen molar-refractivity contribution in [2.75, 3.05) is 6.54 Å². The minimum atomic E-state index is -0.936. The van der Waals surface area contributed by atoms with E-state index in [1.807, 2.05) is 0 Å². The number of rotatable bonds is 4. The molecule has 5 nitrogen and oxygen atoms in total. The van der Waals surface area contributed by atoms with Gasteiger partial charge in [-0.15, -0.1) is 0 Å². The standard InChI is InChI=1S/C10H11BrN2O3/c1-6(10(15)16)4-13-9(14)7-2-3-12-5-8(7)11/h2-3,5-6H,4H2,1H3,(H,13,14)(H,15,16). The average molecular weight is 287 g/mol. The predicted molar refractivity (Wildman–Crippen MR) is 61.1 cm³/mol. The third-order valence-corrected chi connectivity index (χ3v) is 2.64. The van der Waals surface area contributed by atoms with Gasteiger partial charge in [0.2, 0.25) is 0 Å². The van der Waals surface area contributed by atoms with Crippen molar-refractivity contribution in [2.24, 2.45) is 5.92 Å². The number of aromatic nitrogens is 1.